The first kappa shape index (κ1) is 66.3. The Hall–Kier alpha value is -3.67. The van der Waals surface area contributed by atoms with Crippen molar-refractivity contribution in [3.05, 3.63) is 97.2 Å². The molecule has 0 spiro atoms. The van der Waals surface area contributed by atoms with Gasteiger partial charge in [-0.2, -0.15) is 0 Å². The van der Waals surface area contributed by atoms with Crippen molar-refractivity contribution < 1.29 is 28.6 Å². The summed E-state index contributed by atoms with van der Waals surface area (Å²) in [5.41, 5.74) is 0. The SMILES string of the molecule is CC/C=C\C/C=C\C/C=C\C/C=C\C/C=C\CCCCCC(=O)OC[C@@H](COC(=O)CCCCCCC/C=C\C/C=C\CCCC)OC(=O)CCCCCCCCC/C=C\CCCCCCCCCC. The van der Waals surface area contributed by atoms with Crippen LogP contribution in [0.5, 0.6) is 0 Å². The monoisotopic (exact) mass is 973 g/mol. The fraction of sp³-hybridized carbons (Fsp3) is 0.703. The van der Waals surface area contributed by atoms with Crippen LogP contribution in [0.3, 0.4) is 0 Å². The van der Waals surface area contributed by atoms with Crippen molar-refractivity contribution >= 4 is 17.9 Å². The van der Waals surface area contributed by atoms with Crippen LogP contribution in [0.4, 0.5) is 0 Å². The van der Waals surface area contributed by atoms with E-state index in [1.807, 2.05) is 0 Å². The van der Waals surface area contributed by atoms with E-state index >= 15 is 0 Å². The van der Waals surface area contributed by atoms with E-state index in [1.165, 1.54) is 109 Å². The molecule has 0 aromatic heterocycles. The average Bonchev–Trinajstić information content (AvgIpc) is 3.36. The van der Waals surface area contributed by atoms with E-state index in [4.69, 9.17) is 14.2 Å². The van der Waals surface area contributed by atoms with Gasteiger partial charge in [-0.25, -0.2) is 0 Å². The van der Waals surface area contributed by atoms with E-state index in [0.29, 0.717) is 19.3 Å². The van der Waals surface area contributed by atoms with Crippen molar-refractivity contribution in [3.8, 4) is 0 Å². The second-order valence-electron chi connectivity index (χ2n) is 19.2. The summed E-state index contributed by atoms with van der Waals surface area (Å²) in [6, 6.07) is 0. The Morgan fingerprint density at radius 2 is 0.571 bits per heavy atom. The summed E-state index contributed by atoms with van der Waals surface area (Å²) >= 11 is 0. The number of rotatable bonds is 52. The Morgan fingerprint density at radius 3 is 0.943 bits per heavy atom. The summed E-state index contributed by atoms with van der Waals surface area (Å²) in [7, 11) is 0. The first-order chi connectivity index (χ1) is 34.5. The maximum absolute atomic E-state index is 12.9. The summed E-state index contributed by atoms with van der Waals surface area (Å²) in [5.74, 6) is -0.944. The zero-order valence-electron chi connectivity index (χ0n) is 45.8. The first-order valence-electron chi connectivity index (χ1n) is 29.2. The molecule has 0 fully saturated rings. The maximum Gasteiger partial charge on any atom is 0.306 e. The highest BCUT2D eigenvalue weighted by Gasteiger charge is 2.19. The van der Waals surface area contributed by atoms with Crippen LogP contribution in [0, 0.1) is 0 Å². The molecule has 0 aliphatic rings. The summed E-state index contributed by atoms with van der Waals surface area (Å²) in [4.78, 5) is 38.2. The van der Waals surface area contributed by atoms with Crippen LogP contribution >= 0.6 is 0 Å². The normalized spacial score (nSPS) is 12.8. The van der Waals surface area contributed by atoms with Crippen LogP contribution in [0.1, 0.15) is 271 Å². The third-order valence-electron chi connectivity index (χ3n) is 12.3. The van der Waals surface area contributed by atoms with Crippen molar-refractivity contribution in [2.45, 2.75) is 277 Å². The predicted octanol–water partition coefficient (Wildman–Crippen LogP) is 19.7. The topological polar surface area (TPSA) is 78.9 Å². The molecule has 0 N–H and O–H groups in total. The number of unbranched alkanes of at least 4 members (excludes halogenated alkanes) is 25. The Bertz CT molecular complexity index is 1400. The molecule has 400 valence electrons. The number of hydrogen-bond acceptors (Lipinski definition) is 6. The highest BCUT2D eigenvalue weighted by molar-refractivity contribution is 5.71. The van der Waals surface area contributed by atoms with Gasteiger partial charge in [0, 0.05) is 19.3 Å². The lowest BCUT2D eigenvalue weighted by atomic mass is 10.1. The van der Waals surface area contributed by atoms with Crippen molar-refractivity contribution in [3.63, 3.8) is 0 Å². The fourth-order valence-corrected chi connectivity index (χ4v) is 7.89. The minimum Gasteiger partial charge on any atom is -0.462 e. The third kappa shape index (κ3) is 55.3. The maximum atomic E-state index is 12.9. The van der Waals surface area contributed by atoms with E-state index in [1.54, 1.807) is 0 Å². The van der Waals surface area contributed by atoms with Gasteiger partial charge in [-0.05, 0) is 116 Å². The first-order valence-corrected chi connectivity index (χ1v) is 29.2. The van der Waals surface area contributed by atoms with Crippen LogP contribution in [-0.2, 0) is 28.6 Å². The number of carbonyl (C=O) groups is 3. The quantitative estimate of drug-likeness (QED) is 0.0262. The molecule has 6 nitrogen and oxygen atoms in total. The van der Waals surface area contributed by atoms with Crippen molar-refractivity contribution in [1.29, 1.82) is 0 Å². The van der Waals surface area contributed by atoms with E-state index in [9.17, 15) is 14.4 Å². The number of carbonyl (C=O) groups excluding carboxylic acids is 3. The molecule has 1 atom stereocenters. The van der Waals surface area contributed by atoms with E-state index in [-0.39, 0.29) is 31.1 Å². The number of allylic oxidation sites excluding steroid dienone is 16. The largest absolute Gasteiger partial charge is 0.462 e. The molecule has 0 heterocycles. The van der Waals surface area contributed by atoms with Gasteiger partial charge >= 0.3 is 17.9 Å². The number of ether oxygens (including phenoxy) is 3. The standard InChI is InChI=1S/C64H108O6/c1-4-7-10-13-16-19-22-25-28-30-32-34-36-39-42-45-48-51-54-57-63(66)69-60-61(59-68-62(65)56-53-50-47-44-41-38-27-24-21-18-15-12-9-6-3)70-64(67)58-55-52-49-46-43-40-37-35-33-31-29-26-23-20-17-14-11-8-5-2/h7,10,15-16,18-19,24-25,27-28,31-34,39,42,61H,4-6,8-9,11-14,17,20-23,26,29-30,35-38,40-41,43-60H2,1-3H3/b10-7-,18-15-,19-16-,27-24-,28-25-,33-31-,34-32-,42-39-/t61-/m1/s1. The van der Waals surface area contributed by atoms with Gasteiger partial charge < -0.3 is 14.2 Å². The van der Waals surface area contributed by atoms with Gasteiger partial charge in [0.2, 0.25) is 0 Å². The molecule has 0 aliphatic heterocycles. The molecule has 70 heavy (non-hydrogen) atoms. The van der Waals surface area contributed by atoms with Gasteiger partial charge in [-0.3, -0.25) is 14.4 Å². The number of hydrogen-bond donors (Lipinski definition) is 0. The van der Waals surface area contributed by atoms with Crippen molar-refractivity contribution in [1.82, 2.24) is 0 Å². The Morgan fingerprint density at radius 1 is 0.300 bits per heavy atom. The van der Waals surface area contributed by atoms with Gasteiger partial charge in [-0.15, -0.1) is 0 Å². The molecule has 0 saturated carbocycles. The molecular formula is C64H108O6. The predicted molar refractivity (Wildman–Crippen MR) is 302 cm³/mol. The van der Waals surface area contributed by atoms with E-state index in [2.05, 4.69) is 118 Å². The van der Waals surface area contributed by atoms with E-state index in [0.717, 1.165) is 122 Å². The Kier molecular flexibility index (Phi) is 54.9. The summed E-state index contributed by atoms with van der Waals surface area (Å²) in [6.07, 6.45) is 76.8. The molecule has 0 aromatic rings. The highest BCUT2D eigenvalue weighted by Crippen LogP contribution is 2.14. The zero-order chi connectivity index (χ0) is 50.7. The molecule has 0 bridgehead atoms. The van der Waals surface area contributed by atoms with Gasteiger partial charge in [-0.1, -0.05) is 234 Å². The molecule has 6 heteroatoms. The Labute approximate surface area is 432 Å². The fourth-order valence-electron chi connectivity index (χ4n) is 7.89. The van der Waals surface area contributed by atoms with Gasteiger partial charge in [0.25, 0.3) is 0 Å². The lowest BCUT2D eigenvalue weighted by Gasteiger charge is -2.18. The molecule has 0 amide bonds. The minimum atomic E-state index is -0.801. The third-order valence-corrected chi connectivity index (χ3v) is 12.3. The molecular weight excluding hydrogens is 865 g/mol. The van der Waals surface area contributed by atoms with Crippen molar-refractivity contribution in [2.75, 3.05) is 13.2 Å². The minimum absolute atomic E-state index is 0.0976. The molecule has 0 saturated heterocycles. The second kappa shape index (κ2) is 57.9. The lowest BCUT2D eigenvalue weighted by Crippen LogP contribution is -2.30. The van der Waals surface area contributed by atoms with Gasteiger partial charge in [0.05, 0.1) is 0 Å². The molecule has 0 aliphatic carbocycles. The molecule has 0 rings (SSSR count). The van der Waals surface area contributed by atoms with Crippen LogP contribution < -0.4 is 0 Å². The summed E-state index contributed by atoms with van der Waals surface area (Å²) < 4.78 is 16.8. The molecule has 0 unspecified atom stereocenters. The second-order valence-corrected chi connectivity index (χ2v) is 19.2. The van der Waals surface area contributed by atoms with Crippen molar-refractivity contribution in [2.24, 2.45) is 0 Å². The molecule has 0 aromatic carbocycles. The van der Waals surface area contributed by atoms with E-state index < -0.39 is 6.10 Å². The van der Waals surface area contributed by atoms with Crippen LogP contribution in [0.15, 0.2) is 97.2 Å². The van der Waals surface area contributed by atoms with Crippen LogP contribution in [-0.4, -0.2) is 37.2 Å². The highest BCUT2D eigenvalue weighted by atomic mass is 16.6. The Balaban J connectivity index is 4.46. The summed E-state index contributed by atoms with van der Waals surface area (Å²) in [6.45, 7) is 6.45. The number of esters is 3. The van der Waals surface area contributed by atoms with Gasteiger partial charge in [0.1, 0.15) is 13.2 Å². The summed E-state index contributed by atoms with van der Waals surface area (Å²) in [5, 5.41) is 0. The average molecular weight is 974 g/mol. The van der Waals surface area contributed by atoms with Gasteiger partial charge in [0.15, 0.2) is 6.10 Å². The molecule has 0 radical (unpaired) electrons. The zero-order valence-corrected chi connectivity index (χ0v) is 45.8. The lowest BCUT2D eigenvalue weighted by molar-refractivity contribution is -0.167. The smallest absolute Gasteiger partial charge is 0.306 e. The van der Waals surface area contributed by atoms with Crippen LogP contribution in [0.2, 0.25) is 0 Å². The van der Waals surface area contributed by atoms with Crippen LogP contribution in [0.25, 0.3) is 0 Å².